The van der Waals surface area contributed by atoms with Crippen molar-refractivity contribution in [3.8, 4) is 0 Å². The Bertz CT molecular complexity index is 904. The molecule has 1 aliphatic heterocycles. The lowest BCUT2D eigenvalue weighted by atomic mass is 9.90. The first kappa shape index (κ1) is 25.7. The Morgan fingerprint density at radius 1 is 1.03 bits per heavy atom. The standard InChI is InChI=1S/C27H36N2O5/c1-3-19(4-2)15-24(30)25-22(28-27(33)34-18-21-13-9-6-10-14-21)16-23(26(31)32)29(25)17-20-11-7-5-8-12-20/h5-14,19,22-25,30H,3-4,15-18H2,1-2H3,(H,28,33)(H,31,32)/t22?,23?,24-,25?/m0/s1. The third-order valence-electron chi connectivity index (χ3n) is 6.81. The zero-order valence-corrected chi connectivity index (χ0v) is 20.0. The molecule has 0 bridgehead atoms. The summed E-state index contributed by atoms with van der Waals surface area (Å²) in [4.78, 5) is 26.6. The molecule has 0 aromatic heterocycles. The number of carboxylic acids is 1. The van der Waals surface area contributed by atoms with Gasteiger partial charge in [-0.1, -0.05) is 87.4 Å². The predicted molar refractivity (Wildman–Crippen MR) is 130 cm³/mol. The SMILES string of the molecule is CCC(CC)C[C@H](O)C1C(NC(=O)OCc2ccccc2)CC(C(=O)O)N1Cc1ccccc1. The van der Waals surface area contributed by atoms with Gasteiger partial charge >= 0.3 is 12.1 Å². The predicted octanol–water partition coefficient (Wildman–Crippen LogP) is 4.20. The van der Waals surface area contributed by atoms with Crippen molar-refractivity contribution in [3.05, 3.63) is 71.8 Å². The summed E-state index contributed by atoms with van der Waals surface area (Å²) < 4.78 is 5.39. The Morgan fingerprint density at radius 3 is 2.18 bits per heavy atom. The van der Waals surface area contributed by atoms with Gasteiger partial charge in [0.1, 0.15) is 12.6 Å². The third kappa shape index (κ3) is 6.81. The van der Waals surface area contributed by atoms with Crippen molar-refractivity contribution in [1.29, 1.82) is 0 Å². The Kier molecular flexibility index (Phi) is 9.48. The molecule has 0 spiro atoms. The van der Waals surface area contributed by atoms with Crippen LogP contribution in [0.2, 0.25) is 0 Å². The first-order chi connectivity index (χ1) is 16.4. The third-order valence-corrected chi connectivity index (χ3v) is 6.81. The summed E-state index contributed by atoms with van der Waals surface area (Å²) in [5.74, 6) is -0.638. The number of aliphatic hydroxyl groups is 1. The molecule has 2 aromatic rings. The normalized spacial score (nSPS) is 21.4. The van der Waals surface area contributed by atoms with Crippen LogP contribution < -0.4 is 5.32 Å². The average Bonchev–Trinajstić information content (AvgIpc) is 3.20. The maximum Gasteiger partial charge on any atom is 0.407 e. The highest BCUT2D eigenvalue weighted by molar-refractivity contribution is 5.75. The second kappa shape index (κ2) is 12.5. The number of carbonyl (C=O) groups is 2. The molecule has 184 valence electrons. The highest BCUT2D eigenvalue weighted by atomic mass is 16.5. The van der Waals surface area contributed by atoms with Crippen molar-refractivity contribution in [2.45, 2.75) is 76.9 Å². The minimum absolute atomic E-state index is 0.121. The molecule has 4 atom stereocenters. The zero-order chi connectivity index (χ0) is 24.5. The minimum Gasteiger partial charge on any atom is -0.480 e. The molecule has 0 aliphatic carbocycles. The topological polar surface area (TPSA) is 99.1 Å². The molecule has 3 unspecified atom stereocenters. The van der Waals surface area contributed by atoms with E-state index in [0.717, 1.165) is 24.0 Å². The average molecular weight is 469 g/mol. The number of likely N-dealkylation sites (tertiary alicyclic amines) is 1. The summed E-state index contributed by atoms with van der Waals surface area (Å²) in [6, 6.07) is 17.1. The minimum atomic E-state index is -0.961. The van der Waals surface area contributed by atoms with Gasteiger partial charge in [0.05, 0.1) is 18.2 Å². The van der Waals surface area contributed by atoms with Gasteiger partial charge in [0.15, 0.2) is 0 Å². The van der Waals surface area contributed by atoms with E-state index >= 15 is 0 Å². The van der Waals surface area contributed by atoms with Crippen molar-refractivity contribution in [1.82, 2.24) is 10.2 Å². The number of ether oxygens (including phenoxy) is 1. The van der Waals surface area contributed by atoms with Crippen LogP contribution >= 0.6 is 0 Å². The van der Waals surface area contributed by atoms with Crippen LogP contribution in [0.4, 0.5) is 4.79 Å². The first-order valence-electron chi connectivity index (χ1n) is 12.1. The van der Waals surface area contributed by atoms with Gasteiger partial charge < -0.3 is 20.3 Å². The van der Waals surface area contributed by atoms with E-state index in [2.05, 4.69) is 19.2 Å². The molecule has 0 radical (unpaired) electrons. The molecule has 2 aromatic carbocycles. The largest absolute Gasteiger partial charge is 0.480 e. The van der Waals surface area contributed by atoms with Gasteiger partial charge in [-0.15, -0.1) is 0 Å². The number of alkyl carbamates (subject to hydrolysis) is 1. The molecule has 3 N–H and O–H groups in total. The Labute approximate surface area is 201 Å². The first-order valence-corrected chi connectivity index (χ1v) is 12.1. The molecule has 7 heteroatoms. The Balaban J connectivity index is 1.79. The number of nitrogens with zero attached hydrogens (tertiary/aromatic N) is 1. The summed E-state index contributed by atoms with van der Waals surface area (Å²) in [6.45, 7) is 4.68. The van der Waals surface area contributed by atoms with Crippen molar-refractivity contribution in [3.63, 3.8) is 0 Å². The second-order valence-corrected chi connectivity index (χ2v) is 9.04. The molecule has 0 saturated carbocycles. The number of hydrogen-bond donors (Lipinski definition) is 3. The smallest absolute Gasteiger partial charge is 0.407 e. The number of nitrogens with one attached hydrogen (secondary N) is 1. The zero-order valence-electron chi connectivity index (χ0n) is 20.0. The van der Waals surface area contributed by atoms with Crippen LogP contribution in [0.15, 0.2) is 60.7 Å². The quantitative estimate of drug-likeness (QED) is 0.457. The molecular weight excluding hydrogens is 432 g/mol. The van der Waals surface area contributed by atoms with Gasteiger partial charge in [0.2, 0.25) is 0 Å². The van der Waals surface area contributed by atoms with Crippen LogP contribution in [0, 0.1) is 5.92 Å². The molecule has 3 rings (SSSR count). The number of aliphatic carboxylic acids is 1. The Hall–Kier alpha value is -2.90. The fraction of sp³-hybridized carbons (Fsp3) is 0.481. The van der Waals surface area contributed by atoms with Crippen molar-refractivity contribution in [2.24, 2.45) is 5.92 Å². The highest BCUT2D eigenvalue weighted by Crippen LogP contribution is 2.32. The number of aliphatic hydroxyl groups excluding tert-OH is 1. The monoisotopic (exact) mass is 468 g/mol. The molecule has 1 amide bonds. The molecule has 1 aliphatic rings. The van der Waals surface area contributed by atoms with E-state index in [1.54, 1.807) is 0 Å². The van der Waals surface area contributed by atoms with Crippen LogP contribution in [-0.2, 0) is 22.7 Å². The van der Waals surface area contributed by atoms with Gasteiger partial charge in [-0.05, 0) is 29.9 Å². The number of rotatable bonds is 11. The van der Waals surface area contributed by atoms with E-state index in [0.29, 0.717) is 18.9 Å². The molecule has 1 fully saturated rings. The van der Waals surface area contributed by atoms with Gasteiger partial charge in [0.25, 0.3) is 0 Å². The van der Waals surface area contributed by atoms with Crippen molar-refractivity contribution >= 4 is 12.1 Å². The summed E-state index contributed by atoms with van der Waals surface area (Å²) in [6.07, 6.45) is 1.22. The van der Waals surface area contributed by atoms with Crippen LogP contribution in [-0.4, -0.2) is 51.4 Å². The maximum absolute atomic E-state index is 12.6. The van der Waals surface area contributed by atoms with E-state index in [1.807, 2.05) is 65.6 Å². The van der Waals surface area contributed by atoms with Gasteiger partial charge in [0, 0.05) is 6.54 Å². The highest BCUT2D eigenvalue weighted by Gasteiger charge is 2.48. The number of amides is 1. The summed E-state index contributed by atoms with van der Waals surface area (Å²) >= 11 is 0. The number of carboxylic acid groups (broad SMARTS) is 1. The molecule has 1 saturated heterocycles. The number of benzene rings is 2. The summed E-state index contributed by atoms with van der Waals surface area (Å²) in [5.41, 5.74) is 1.82. The lowest BCUT2D eigenvalue weighted by Crippen LogP contribution is -2.52. The van der Waals surface area contributed by atoms with Crippen LogP contribution in [0.25, 0.3) is 0 Å². The maximum atomic E-state index is 12.6. The molecule has 1 heterocycles. The number of hydrogen-bond acceptors (Lipinski definition) is 5. The van der Waals surface area contributed by atoms with E-state index in [1.165, 1.54) is 0 Å². The van der Waals surface area contributed by atoms with Gasteiger partial charge in [-0.25, -0.2) is 4.79 Å². The van der Waals surface area contributed by atoms with Gasteiger partial charge in [-0.3, -0.25) is 9.69 Å². The van der Waals surface area contributed by atoms with E-state index in [4.69, 9.17) is 4.74 Å². The fourth-order valence-corrected chi connectivity index (χ4v) is 4.86. The van der Waals surface area contributed by atoms with Gasteiger partial charge in [-0.2, -0.15) is 0 Å². The van der Waals surface area contributed by atoms with Crippen molar-refractivity contribution in [2.75, 3.05) is 0 Å². The van der Waals surface area contributed by atoms with E-state index < -0.39 is 36.3 Å². The van der Waals surface area contributed by atoms with Crippen LogP contribution in [0.3, 0.4) is 0 Å². The van der Waals surface area contributed by atoms with E-state index in [9.17, 15) is 19.8 Å². The number of carbonyl (C=O) groups excluding carboxylic acids is 1. The lowest BCUT2D eigenvalue weighted by molar-refractivity contribution is -0.143. The van der Waals surface area contributed by atoms with Crippen LogP contribution in [0.1, 0.15) is 50.7 Å². The second-order valence-electron chi connectivity index (χ2n) is 9.04. The Morgan fingerprint density at radius 2 is 1.62 bits per heavy atom. The molecule has 34 heavy (non-hydrogen) atoms. The lowest BCUT2D eigenvalue weighted by Gasteiger charge is -2.35. The molecular formula is C27H36N2O5. The van der Waals surface area contributed by atoms with Crippen molar-refractivity contribution < 1.29 is 24.5 Å². The van der Waals surface area contributed by atoms with E-state index in [-0.39, 0.29) is 13.0 Å². The molecule has 7 nitrogen and oxygen atoms in total. The van der Waals surface area contributed by atoms with Crippen LogP contribution in [0.5, 0.6) is 0 Å². The summed E-state index contributed by atoms with van der Waals surface area (Å²) in [7, 11) is 0. The fourth-order valence-electron chi connectivity index (χ4n) is 4.86. The summed E-state index contributed by atoms with van der Waals surface area (Å²) in [5, 5.41) is 24.1.